The normalized spacial score (nSPS) is 18.3. The van der Waals surface area contributed by atoms with Crippen molar-refractivity contribution in [1.29, 1.82) is 0 Å². The first kappa shape index (κ1) is 16.1. The first-order chi connectivity index (χ1) is 11.1. The molecule has 0 bridgehead atoms. The highest BCUT2D eigenvalue weighted by molar-refractivity contribution is 7.13. The molecule has 1 saturated heterocycles. The van der Waals surface area contributed by atoms with E-state index >= 15 is 0 Å². The Morgan fingerprint density at radius 2 is 2.39 bits per heavy atom. The SMILES string of the molecule is CN(C(=O)CN1CCC[C@H]1Cc1cccc(F)c1)c1nccs1. The molecular weight excluding hydrogens is 313 g/mol. The zero-order chi connectivity index (χ0) is 16.2. The molecule has 0 saturated carbocycles. The molecule has 1 aliphatic rings. The van der Waals surface area contributed by atoms with E-state index in [-0.39, 0.29) is 11.7 Å². The average Bonchev–Trinajstić information content (AvgIpc) is 3.19. The van der Waals surface area contributed by atoms with E-state index in [0.29, 0.717) is 12.6 Å². The molecule has 1 aromatic carbocycles. The lowest BCUT2D eigenvalue weighted by Gasteiger charge is -2.25. The maximum Gasteiger partial charge on any atom is 0.242 e. The lowest BCUT2D eigenvalue weighted by molar-refractivity contribution is -0.119. The number of thiazole rings is 1. The molecule has 122 valence electrons. The minimum atomic E-state index is -0.202. The predicted octanol–water partition coefficient (Wildman–Crippen LogP) is 2.95. The Kier molecular flexibility index (Phi) is 5.03. The van der Waals surface area contributed by atoms with Crippen LogP contribution in [0.3, 0.4) is 0 Å². The van der Waals surface area contributed by atoms with Crippen molar-refractivity contribution in [3.63, 3.8) is 0 Å². The maximum atomic E-state index is 13.3. The number of hydrogen-bond donors (Lipinski definition) is 0. The summed E-state index contributed by atoms with van der Waals surface area (Å²) in [4.78, 5) is 20.4. The van der Waals surface area contributed by atoms with Gasteiger partial charge in [-0.2, -0.15) is 0 Å². The fourth-order valence-corrected chi connectivity index (χ4v) is 3.66. The van der Waals surface area contributed by atoms with Gasteiger partial charge < -0.3 is 0 Å². The molecule has 0 aliphatic carbocycles. The fraction of sp³-hybridized carbons (Fsp3) is 0.412. The van der Waals surface area contributed by atoms with Crippen molar-refractivity contribution < 1.29 is 9.18 Å². The van der Waals surface area contributed by atoms with Crippen LogP contribution in [0.4, 0.5) is 9.52 Å². The molecule has 1 aromatic heterocycles. The lowest BCUT2D eigenvalue weighted by atomic mass is 10.0. The minimum absolute atomic E-state index is 0.0473. The number of carbonyl (C=O) groups excluding carboxylic acids is 1. The lowest BCUT2D eigenvalue weighted by Crippen LogP contribution is -2.41. The summed E-state index contributed by atoms with van der Waals surface area (Å²) in [5, 5.41) is 2.58. The van der Waals surface area contributed by atoms with Crippen LogP contribution in [-0.4, -0.2) is 42.0 Å². The molecule has 1 aliphatic heterocycles. The molecule has 1 fully saturated rings. The van der Waals surface area contributed by atoms with Gasteiger partial charge in [-0.15, -0.1) is 11.3 Å². The molecule has 0 radical (unpaired) electrons. The van der Waals surface area contributed by atoms with Crippen LogP contribution in [0.5, 0.6) is 0 Å². The Hall–Kier alpha value is -1.79. The van der Waals surface area contributed by atoms with Crippen LogP contribution in [-0.2, 0) is 11.2 Å². The number of anilines is 1. The summed E-state index contributed by atoms with van der Waals surface area (Å²) in [6.45, 7) is 1.30. The summed E-state index contributed by atoms with van der Waals surface area (Å²) < 4.78 is 13.3. The third-order valence-corrected chi connectivity index (χ3v) is 5.13. The van der Waals surface area contributed by atoms with Crippen LogP contribution in [0.25, 0.3) is 0 Å². The smallest absolute Gasteiger partial charge is 0.242 e. The number of carbonyl (C=O) groups is 1. The zero-order valence-electron chi connectivity index (χ0n) is 13.1. The molecule has 3 rings (SSSR count). The van der Waals surface area contributed by atoms with Gasteiger partial charge in [-0.05, 0) is 43.5 Å². The second kappa shape index (κ2) is 7.19. The molecule has 1 atom stereocenters. The number of rotatable bonds is 5. The second-order valence-electron chi connectivity index (χ2n) is 5.87. The molecule has 0 spiro atoms. The van der Waals surface area contributed by atoms with Gasteiger partial charge in [-0.1, -0.05) is 12.1 Å². The molecule has 23 heavy (non-hydrogen) atoms. The summed E-state index contributed by atoms with van der Waals surface area (Å²) >= 11 is 1.46. The highest BCUT2D eigenvalue weighted by Crippen LogP contribution is 2.22. The number of benzene rings is 1. The monoisotopic (exact) mass is 333 g/mol. The van der Waals surface area contributed by atoms with Crippen molar-refractivity contribution in [2.75, 3.05) is 25.0 Å². The van der Waals surface area contributed by atoms with Gasteiger partial charge in [0.1, 0.15) is 5.82 Å². The van der Waals surface area contributed by atoms with E-state index in [2.05, 4.69) is 9.88 Å². The number of amides is 1. The summed E-state index contributed by atoms with van der Waals surface area (Å²) in [6, 6.07) is 7.03. The number of likely N-dealkylation sites (tertiary alicyclic amines) is 1. The van der Waals surface area contributed by atoms with Crippen molar-refractivity contribution in [1.82, 2.24) is 9.88 Å². The second-order valence-corrected chi connectivity index (χ2v) is 6.74. The minimum Gasteiger partial charge on any atom is -0.291 e. The van der Waals surface area contributed by atoms with Crippen molar-refractivity contribution >= 4 is 22.4 Å². The molecule has 4 nitrogen and oxygen atoms in total. The van der Waals surface area contributed by atoms with Gasteiger partial charge >= 0.3 is 0 Å². The molecule has 2 aromatic rings. The number of aromatic nitrogens is 1. The zero-order valence-corrected chi connectivity index (χ0v) is 13.9. The van der Waals surface area contributed by atoms with Crippen LogP contribution in [0.1, 0.15) is 18.4 Å². The van der Waals surface area contributed by atoms with Gasteiger partial charge in [0, 0.05) is 24.7 Å². The number of hydrogen-bond acceptors (Lipinski definition) is 4. The topological polar surface area (TPSA) is 36.4 Å². The fourth-order valence-electron chi connectivity index (χ4n) is 3.04. The van der Waals surface area contributed by atoms with Crippen LogP contribution in [0.15, 0.2) is 35.8 Å². The van der Waals surface area contributed by atoms with Crippen molar-refractivity contribution in [2.24, 2.45) is 0 Å². The third-order valence-electron chi connectivity index (χ3n) is 4.28. The number of nitrogens with zero attached hydrogens (tertiary/aromatic N) is 3. The van der Waals surface area contributed by atoms with Gasteiger partial charge in [-0.25, -0.2) is 9.37 Å². The molecule has 6 heteroatoms. The molecular formula is C17H20FN3OS. The molecule has 1 amide bonds. The Bertz CT molecular complexity index is 662. The largest absolute Gasteiger partial charge is 0.291 e. The van der Waals surface area contributed by atoms with E-state index in [1.165, 1.54) is 17.4 Å². The van der Waals surface area contributed by atoms with Crippen molar-refractivity contribution in [3.05, 3.63) is 47.2 Å². The Morgan fingerprint density at radius 1 is 1.52 bits per heavy atom. The summed E-state index contributed by atoms with van der Waals surface area (Å²) in [6.07, 6.45) is 4.61. The number of likely N-dealkylation sites (N-methyl/N-ethyl adjacent to an activating group) is 1. The molecule has 0 unspecified atom stereocenters. The van der Waals surface area contributed by atoms with Crippen molar-refractivity contribution in [2.45, 2.75) is 25.3 Å². The predicted molar refractivity (Wildman–Crippen MR) is 90.2 cm³/mol. The third kappa shape index (κ3) is 3.95. The molecule has 0 N–H and O–H groups in total. The maximum absolute atomic E-state index is 13.3. The van der Waals surface area contributed by atoms with E-state index in [1.54, 1.807) is 30.3 Å². The first-order valence-corrected chi connectivity index (χ1v) is 8.66. The Labute approximate surface area is 139 Å². The number of halogens is 1. The van der Waals surface area contributed by atoms with Gasteiger partial charge in [0.15, 0.2) is 5.13 Å². The summed E-state index contributed by atoms with van der Waals surface area (Å²) in [7, 11) is 1.76. The van der Waals surface area contributed by atoms with Crippen LogP contribution in [0.2, 0.25) is 0 Å². The van der Waals surface area contributed by atoms with Crippen LogP contribution in [0, 0.1) is 5.82 Å². The van der Waals surface area contributed by atoms with E-state index in [4.69, 9.17) is 0 Å². The van der Waals surface area contributed by atoms with Crippen LogP contribution >= 0.6 is 11.3 Å². The van der Waals surface area contributed by atoms with Crippen LogP contribution < -0.4 is 4.90 Å². The van der Waals surface area contributed by atoms with E-state index < -0.39 is 0 Å². The van der Waals surface area contributed by atoms with Gasteiger partial charge in [0.05, 0.1) is 6.54 Å². The van der Waals surface area contributed by atoms with Crippen molar-refractivity contribution in [3.8, 4) is 0 Å². The highest BCUT2D eigenvalue weighted by Gasteiger charge is 2.28. The standard InChI is InChI=1S/C17H20FN3OS/c1-20(17-19-7-9-23-17)16(22)12-21-8-3-6-15(21)11-13-4-2-5-14(18)10-13/h2,4-5,7,9-10,15H,3,6,8,11-12H2,1H3/t15-/m0/s1. The average molecular weight is 333 g/mol. The van der Waals surface area contributed by atoms with E-state index in [0.717, 1.165) is 36.5 Å². The summed E-state index contributed by atoms with van der Waals surface area (Å²) in [5.74, 6) is -0.155. The van der Waals surface area contributed by atoms with Gasteiger partial charge in [0.2, 0.25) is 5.91 Å². The molecule has 2 heterocycles. The van der Waals surface area contributed by atoms with E-state index in [1.807, 2.05) is 11.4 Å². The first-order valence-electron chi connectivity index (χ1n) is 7.78. The Balaban J connectivity index is 1.61. The highest BCUT2D eigenvalue weighted by atomic mass is 32.1. The Morgan fingerprint density at radius 3 is 3.13 bits per heavy atom. The van der Waals surface area contributed by atoms with E-state index in [9.17, 15) is 9.18 Å². The van der Waals surface area contributed by atoms with Gasteiger partial charge in [0.25, 0.3) is 0 Å². The quantitative estimate of drug-likeness (QED) is 0.844. The van der Waals surface area contributed by atoms with Gasteiger partial charge in [-0.3, -0.25) is 14.6 Å². The summed E-state index contributed by atoms with van der Waals surface area (Å²) in [5.41, 5.74) is 0.989.